The van der Waals surface area contributed by atoms with Gasteiger partial charge in [-0.15, -0.1) is 0 Å². The van der Waals surface area contributed by atoms with Gasteiger partial charge in [0.05, 0.1) is 28.4 Å². The zero-order valence-electron chi connectivity index (χ0n) is 20.3. The molecule has 1 unspecified atom stereocenters. The summed E-state index contributed by atoms with van der Waals surface area (Å²) >= 11 is 6.20. The van der Waals surface area contributed by atoms with Crippen molar-refractivity contribution >= 4 is 34.5 Å². The maximum atomic E-state index is 13.1. The van der Waals surface area contributed by atoms with Gasteiger partial charge < -0.3 is 14.8 Å². The molecule has 4 aromatic rings. The van der Waals surface area contributed by atoms with Crippen LogP contribution in [0.1, 0.15) is 65.5 Å². The van der Waals surface area contributed by atoms with E-state index in [1.165, 1.54) is 6.07 Å². The van der Waals surface area contributed by atoms with Crippen molar-refractivity contribution in [3.8, 4) is 17.0 Å². The zero-order valence-corrected chi connectivity index (χ0v) is 21.0. The number of aldehydes is 1. The first kappa shape index (κ1) is 24.5. The molecule has 1 atom stereocenters. The van der Waals surface area contributed by atoms with Gasteiger partial charge >= 0.3 is 0 Å². The third-order valence-electron chi connectivity index (χ3n) is 6.08. The number of benzene rings is 2. The number of fused-ring (bicyclic) bond motifs is 1. The average molecular weight is 491 g/mol. The normalized spacial score (nSPS) is 12.2. The number of rotatable bonds is 6. The third kappa shape index (κ3) is 4.66. The van der Waals surface area contributed by atoms with E-state index in [9.17, 15) is 14.7 Å². The van der Waals surface area contributed by atoms with E-state index in [0.29, 0.717) is 50.7 Å². The van der Waals surface area contributed by atoms with E-state index < -0.39 is 0 Å². The van der Waals surface area contributed by atoms with E-state index in [2.05, 4.69) is 10.3 Å². The summed E-state index contributed by atoms with van der Waals surface area (Å²) in [6, 6.07) is 11.8. The van der Waals surface area contributed by atoms with Crippen molar-refractivity contribution in [2.45, 2.75) is 46.6 Å². The lowest BCUT2D eigenvalue weighted by atomic mass is 9.98. The standard InChI is InChI=1S/C28H27ClN2O4/c1-14(2)27-16(4)26(34)21-11-15(3)10-20(28(21)35-27)17(5)30-22-7-9-24(29)31-25(22)18-6-8-23(33)19(12-18)13-32/h6-14,17,30,33H,1-5H3. The van der Waals surface area contributed by atoms with Crippen LogP contribution in [-0.2, 0) is 0 Å². The molecule has 0 bridgehead atoms. The maximum absolute atomic E-state index is 13.1. The molecule has 2 aromatic heterocycles. The van der Waals surface area contributed by atoms with Crippen molar-refractivity contribution in [1.29, 1.82) is 0 Å². The van der Waals surface area contributed by atoms with Crippen LogP contribution in [-0.4, -0.2) is 16.4 Å². The van der Waals surface area contributed by atoms with Gasteiger partial charge in [-0.3, -0.25) is 9.59 Å². The molecule has 6 nitrogen and oxygen atoms in total. The summed E-state index contributed by atoms with van der Waals surface area (Å²) in [5.74, 6) is 0.642. The second kappa shape index (κ2) is 9.55. The predicted molar refractivity (Wildman–Crippen MR) is 140 cm³/mol. The summed E-state index contributed by atoms with van der Waals surface area (Å²) in [7, 11) is 0. The SMILES string of the molecule is Cc1cc(C(C)Nc2ccc(Cl)nc2-c2ccc(O)c(C=O)c2)c2oc(C(C)C)c(C)c(=O)c2c1. The Kier molecular flexibility index (Phi) is 6.68. The molecule has 0 saturated heterocycles. The molecule has 0 aliphatic rings. The molecule has 2 N–H and O–H groups in total. The molecule has 2 heterocycles. The monoisotopic (exact) mass is 490 g/mol. The summed E-state index contributed by atoms with van der Waals surface area (Å²) in [5.41, 5.74) is 4.96. The highest BCUT2D eigenvalue weighted by atomic mass is 35.5. The van der Waals surface area contributed by atoms with Crippen LogP contribution in [0.5, 0.6) is 5.75 Å². The van der Waals surface area contributed by atoms with Gasteiger partial charge in [0, 0.05) is 22.6 Å². The Bertz CT molecular complexity index is 1510. The first-order valence-corrected chi connectivity index (χ1v) is 11.8. The zero-order chi connectivity index (χ0) is 25.4. The Morgan fingerprint density at radius 2 is 1.83 bits per heavy atom. The fraction of sp³-hybridized carbons (Fsp3) is 0.250. The first-order chi connectivity index (χ1) is 16.6. The second-order valence-corrected chi connectivity index (χ2v) is 9.48. The van der Waals surface area contributed by atoms with Gasteiger partial charge in [-0.05, 0) is 62.7 Å². The summed E-state index contributed by atoms with van der Waals surface area (Å²) in [6.45, 7) is 9.75. The number of aromatic hydroxyl groups is 1. The van der Waals surface area contributed by atoms with Gasteiger partial charge in [-0.25, -0.2) is 4.98 Å². The fourth-order valence-electron chi connectivity index (χ4n) is 4.34. The Morgan fingerprint density at radius 1 is 1.09 bits per heavy atom. The lowest BCUT2D eigenvalue weighted by molar-refractivity contribution is 0.112. The number of anilines is 1. The first-order valence-electron chi connectivity index (χ1n) is 11.4. The molecule has 180 valence electrons. The van der Waals surface area contributed by atoms with E-state index in [4.69, 9.17) is 16.0 Å². The van der Waals surface area contributed by atoms with Crippen molar-refractivity contribution in [3.63, 3.8) is 0 Å². The topological polar surface area (TPSA) is 92.4 Å². The summed E-state index contributed by atoms with van der Waals surface area (Å²) in [5, 5.41) is 14.2. The largest absolute Gasteiger partial charge is 0.507 e. The summed E-state index contributed by atoms with van der Waals surface area (Å²) in [4.78, 5) is 29.0. The van der Waals surface area contributed by atoms with Crippen molar-refractivity contribution in [3.05, 3.63) is 85.9 Å². The minimum absolute atomic E-state index is 0.0218. The molecular formula is C28H27ClN2O4. The van der Waals surface area contributed by atoms with Gasteiger partial charge in [0.25, 0.3) is 0 Å². The number of nitrogens with zero attached hydrogens (tertiary/aromatic N) is 1. The number of pyridine rings is 1. The van der Waals surface area contributed by atoms with E-state index in [1.54, 1.807) is 25.1 Å². The number of aromatic nitrogens is 1. The second-order valence-electron chi connectivity index (χ2n) is 9.09. The van der Waals surface area contributed by atoms with Gasteiger partial charge in [-0.2, -0.15) is 0 Å². The highest BCUT2D eigenvalue weighted by Crippen LogP contribution is 2.35. The number of carbonyl (C=O) groups is 1. The number of phenolic OH excluding ortho intramolecular Hbond substituents is 1. The van der Waals surface area contributed by atoms with Gasteiger partial charge in [0.1, 0.15) is 22.2 Å². The molecule has 7 heteroatoms. The molecule has 4 rings (SSSR count). The van der Waals surface area contributed by atoms with Crippen LogP contribution >= 0.6 is 11.6 Å². The molecule has 0 amide bonds. The quantitative estimate of drug-likeness (QED) is 0.224. The van der Waals surface area contributed by atoms with Gasteiger partial charge in [-0.1, -0.05) is 31.5 Å². The number of nitrogens with one attached hydrogen (secondary N) is 1. The Balaban J connectivity index is 1.84. The number of phenols is 1. The van der Waals surface area contributed by atoms with Crippen molar-refractivity contribution in [2.75, 3.05) is 5.32 Å². The molecule has 35 heavy (non-hydrogen) atoms. The number of hydrogen-bond donors (Lipinski definition) is 2. The Hall–Kier alpha value is -3.64. The van der Waals surface area contributed by atoms with Crippen LogP contribution in [0.3, 0.4) is 0 Å². The number of carbonyl (C=O) groups excluding carboxylic acids is 1. The maximum Gasteiger partial charge on any atom is 0.195 e. The van der Waals surface area contributed by atoms with Gasteiger partial charge in [0.15, 0.2) is 11.7 Å². The van der Waals surface area contributed by atoms with Crippen molar-refractivity contribution in [2.24, 2.45) is 0 Å². The fourth-order valence-corrected chi connectivity index (χ4v) is 4.48. The highest BCUT2D eigenvalue weighted by molar-refractivity contribution is 6.29. The Morgan fingerprint density at radius 3 is 2.51 bits per heavy atom. The lowest BCUT2D eigenvalue weighted by Gasteiger charge is -2.21. The number of hydrogen-bond acceptors (Lipinski definition) is 6. The van der Waals surface area contributed by atoms with Crippen LogP contribution in [0.4, 0.5) is 5.69 Å². The average Bonchev–Trinajstić information content (AvgIpc) is 2.82. The molecule has 0 radical (unpaired) electrons. The predicted octanol–water partition coefficient (Wildman–Crippen LogP) is 6.94. The van der Waals surface area contributed by atoms with Gasteiger partial charge in [0.2, 0.25) is 0 Å². The molecule has 0 spiro atoms. The Labute approximate surface area is 208 Å². The van der Waals surface area contributed by atoms with E-state index in [-0.39, 0.29) is 28.7 Å². The highest BCUT2D eigenvalue weighted by Gasteiger charge is 2.20. The number of aryl methyl sites for hydroxylation is 1. The minimum atomic E-state index is -0.257. The van der Waals surface area contributed by atoms with Crippen molar-refractivity contribution < 1.29 is 14.3 Å². The smallest absolute Gasteiger partial charge is 0.195 e. The molecular weight excluding hydrogens is 464 g/mol. The minimum Gasteiger partial charge on any atom is -0.507 e. The van der Waals surface area contributed by atoms with Crippen LogP contribution in [0.2, 0.25) is 5.15 Å². The van der Waals surface area contributed by atoms with Crippen LogP contribution in [0.15, 0.2) is 51.7 Å². The summed E-state index contributed by atoms with van der Waals surface area (Å²) < 4.78 is 6.31. The number of halogens is 1. The lowest BCUT2D eigenvalue weighted by Crippen LogP contribution is -2.14. The molecule has 0 aliphatic heterocycles. The van der Waals surface area contributed by atoms with E-state index >= 15 is 0 Å². The van der Waals surface area contributed by atoms with Crippen LogP contribution < -0.4 is 10.7 Å². The van der Waals surface area contributed by atoms with Crippen molar-refractivity contribution in [1.82, 2.24) is 4.98 Å². The van der Waals surface area contributed by atoms with E-state index in [0.717, 1.165) is 11.1 Å². The third-order valence-corrected chi connectivity index (χ3v) is 6.29. The molecule has 0 saturated carbocycles. The van der Waals surface area contributed by atoms with Crippen LogP contribution in [0.25, 0.3) is 22.2 Å². The molecule has 2 aromatic carbocycles. The van der Waals surface area contributed by atoms with Crippen LogP contribution in [0, 0.1) is 13.8 Å². The molecule has 0 aliphatic carbocycles. The van der Waals surface area contributed by atoms with E-state index in [1.807, 2.05) is 45.9 Å². The molecule has 0 fully saturated rings. The summed E-state index contributed by atoms with van der Waals surface area (Å²) in [6.07, 6.45) is 0.592.